The van der Waals surface area contributed by atoms with Crippen LogP contribution in [0.15, 0.2) is 48.8 Å². The summed E-state index contributed by atoms with van der Waals surface area (Å²) >= 11 is 6.13. The minimum Gasteiger partial charge on any atom is -0.858 e. The molecule has 2 aromatic heterocycles. The predicted molar refractivity (Wildman–Crippen MR) is 123 cm³/mol. The molecule has 2 amide bonds. The van der Waals surface area contributed by atoms with Crippen molar-refractivity contribution < 1.29 is 19.3 Å². The van der Waals surface area contributed by atoms with Crippen molar-refractivity contribution >= 4 is 34.7 Å². The number of halogens is 1. The normalized spacial score (nSPS) is 14.2. The first-order chi connectivity index (χ1) is 15.7. The second-order valence-corrected chi connectivity index (χ2v) is 8.79. The maximum absolute atomic E-state index is 13.7. The van der Waals surface area contributed by atoms with Gasteiger partial charge in [-0.25, -0.2) is 4.68 Å². The third kappa shape index (κ3) is 3.93. The molecule has 0 unspecified atom stereocenters. The van der Waals surface area contributed by atoms with Crippen LogP contribution in [0.25, 0.3) is 17.0 Å². The SMILES string of the molecule is CCCc1nn(-c2cccc(Cl)c2)c([O-])c1C1=C([n+]2ccc(C)cc2)C(=O)N(C(C)C)C1=O. The molecule has 0 fully saturated rings. The van der Waals surface area contributed by atoms with Crippen molar-refractivity contribution in [2.24, 2.45) is 0 Å². The maximum atomic E-state index is 13.7. The molecular formula is C25H25ClN4O3. The van der Waals surface area contributed by atoms with Crippen LogP contribution in [0.5, 0.6) is 5.88 Å². The topological polar surface area (TPSA) is 82.1 Å². The van der Waals surface area contributed by atoms with Gasteiger partial charge in [0.15, 0.2) is 12.4 Å². The first-order valence-electron chi connectivity index (χ1n) is 10.9. The van der Waals surface area contributed by atoms with Crippen LogP contribution >= 0.6 is 11.6 Å². The molecule has 8 heteroatoms. The van der Waals surface area contributed by atoms with Crippen molar-refractivity contribution in [3.05, 3.63) is 70.6 Å². The van der Waals surface area contributed by atoms with Gasteiger partial charge < -0.3 is 5.11 Å². The lowest BCUT2D eigenvalue weighted by Crippen LogP contribution is -2.42. The van der Waals surface area contributed by atoms with Crippen molar-refractivity contribution in [1.82, 2.24) is 14.7 Å². The predicted octanol–water partition coefficient (Wildman–Crippen LogP) is 3.29. The lowest BCUT2D eigenvalue weighted by Gasteiger charge is -2.18. The minimum absolute atomic E-state index is 0.0873. The minimum atomic E-state index is -0.488. The maximum Gasteiger partial charge on any atom is 0.327 e. The molecule has 0 atom stereocenters. The standard InChI is InChI=1S/C25H25ClN4O3/c1-5-7-19-20(24(32)30(27-19)18-9-6-8-17(26)14-18)21-22(28-12-10-16(4)11-13-28)25(33)29(15(2)3)23(21)31/h6,8-15H,5,7H2,1-4H3. The van der Waals surface area contributed by atoms with Crippen LogP contribution in [0, 0.1) is 6.92 Å². The van der Waals surface area contributed by atoms with Gasteiger partial charge in [0, 0.05) is 28.8 Å². The number of rotatable bonds is 6. The van der Waals surface area contributed by atoms with Gasteiger partial charge in [0.2, 0.25) is 0 Å². The Labute approximate surface area is 197 Å². The highest BCUT2D eigenvalue weighted by atomic mass is 35.5. The van der Waals surface area contributed by atoms with Crippen molar-refractivity contribution in [2.75, 3.05) is 0 Å². The molecule has 0 aliphatic carbocycles. The summed E-state index contributed by atoms with van der Waals surface area (Å²) in [6.07, 6.45) is 4.65. The average molecular weight is 465 g/mol. The lowest BCUT2D eigenvalue weighted by molar-refractivity contribution is -0.577. The highest BCUT2D eigenvalue weighted by Gasteiger charge is 2.47. The summed E-state index contributed by atoms with van der Waals surface area (Å²) < 4.78 is 2.86. The molecule has 1 aromatic carbocycles. The largest absolute Gasteiger partial charge is 0.858 e. The average Bonchev–Trinajstić information content (AvgIpc) is 3.21. The van der Waals surface area contributed by atoms with Gasteiger partial charge in [0.1, 0.15) is 5.57 Å². The van der Waals surface area contributed by atoms with E-state index in [1.165, 1.54) is 9.58 Å². The second kappa shape index (κ2) is 8.83. The number of amides is 2. The molecule has 1 aliphatic heterocycles. The number of aromatic nitrogens is 3. The fourth-order valence-electron chi connectivity index (χ4n) is 4.01. The van der Waals surface area contributed by atoms with E-state index in [2.05, 4.69) is 5.10 Å². The first kappa shape index (κ1) is 22.7. The zero-order chi connectivity index (χ0) is 23.9. The van der Waals surface area contributed by atoms with Gasteiger partial charge in [-0.1, -0.05) is 31.0 Å². The summed E-state index contributed by atoms with van der Waals surface area (Å²) in [5.74, 6) is -1.37. The summed E-state index contributed by atoms with van der Waals surface area (Å²) in [4.78, 5) is 28.2. The summed E-state index contributed by atoms with van der Waals surface area (Å²) in [7, 11) is 0. The number of nitrogens with zero attached hydrogens (tertiary/aromatic N) is 4. The Bertz CT molecular complexity index is 1280. The van der Waals surface area contributed by atoms with E-state index in [-0.39, 0.29) is 22.9 Å². The Morgan fingerprint density at radius 3 is 2.42 bits per heavy atom. The van der Waals surface area contributed by atoms with E-state index in [9.17, 15) is 14.7 Å². The van der Waals surface area contributed by atoms with Gasteiger partial charge in [-0.05, 0) is 56.8 Å². The summed E-state index contributed by atoms with van der Waals surface area (Å²) in [5.41, 5.74) is 2.41. The number of hydrogen-bond donors (Lipinski definition) is 0. The first-order valence-corrected chi connectivity index (χ1v) is 11.3. The Morgan fingerprint density at radius 2 is 1.82 bits per heavy atom. The van der Waals surface area contributed by atoms with Gasteiger partial charge in [-0.2, -0.15) is 9.67 Å². The number of carbonyl (C=O) groups is 2. The molecule has 3 heterocycles. The van der Waals surface area contributed by atoms with Crippen LogP contribution in [0.4, 0.5) is 0 Å². The van der Waals surface area contributed by atoms with Gasteiger partial charge in [-0.3, -0.25) is 14.5 Å². The smallest absolute Gasteiger partial charge is 0.327 e. The zero-order valence-electron chi connectivity index (χ0n) is 19.0. The van der Waals surface area contributed by atoms with Crippen molar-refractivity contribution in [3.8, 4) is 11.6 Å². The number of hydrogen-bond acceptors (Lipinski definition) is 4. The van der Waals surface area contributed by atoms with Crippen molar-refractivity contribution in [1.29, 1.82) is 0 Å². The second-order valence-electron chi connectivity index (χ2n) is 8.35. The van der Waals surface area contributed by atoms with Gasteiger partial charge in [-0.15, -0.1) is 0 Å². The highest BCUT2D eigenvalue weighted by molar-refractivity contribution is 6.45. The fourth-order valence-corrected chi connectivity index (χ4v) is 4.19. The molecule has 33 heavy (non-hydrogen) atoms. The molecule has 4 rings (SSSR count). The van der Waals surface area contributed by atoms with E-state index in [4.69, 9.17) is 11.6 Å². The molecule has 0 bridgehead atoms. The fraction of sp³-hybridized carbons (Fsp3) is 0.280. The summed E-state index contributed by atoms with van der Waals surface area (Å²) in [6.45, 7) is 7.46. The van der Waals surface area contributed by atoms with Gasteiger partial charge in [0.25, 0.3) is 11.6 Å². The van der Waals surface area contributed by atoms with Crippen LogP contribution in [-0.4, -0.2) is 32.5 Å². The number of carbonyl (C=O) groups excluding carboxylic acids is 2. The Morgan fingerprint density at radius 1 is 1.12 bits per heavy atom. The summed E-state index contributed by atoms with van der Waals surface area (Å²) in [5, 5.41) is 18.7. The third-order valence-corrected chi connectivity index (χ3v) is 5.80. The van der Waals surface area contributed by atoms with E-state index >= 15 is 0 Å². The van der Waals surface area contributed by atoms with E-state index < -0.39 is 17.7 Å². The molecule has 170 valence electrons. The zero-order valence-corrected chi connectivity index (χ0v) is 19.8. The van der Waals surface area contributed by atoms with Crippen LogP contribution in [0.2, 0.25) is 5.02 Å². The van der Waals surface area contributed by atoms with Crippen molar-refractivity contribution in [2.45, 2.75) is 46.6 Å². The van der Waals surface area contributed by atoms with Crippen LogP contribution in [0.1, 0.15) is 44.0 Å². The highest BCUT2D eigenvalue weighted by Crippen LogP contribution is 2.38. The molecule has 0 saturated heterocycles. The number of aryl methyl sites for hydroxylation is 2. The molecule has 7 nitrogen and oxygen atoms in total. The quantitative estimate of drug-likeness (QED) is 0.414. The molecule has 0 saturated carbocycles. The third-order valence-electron chi connectivity index (χ3n) is 5.57. The molecule has 3 aromatic rings. The monoisotopic (exact) mass is 464 g/mol. The van der Waals surface area contributed by atoms with Gasteiger partial charge >= 0.3 is 5.91 Å². The van der Waals surface area contributed by atoms with E-state index in [0.29, 0.717) is 22.8 Å². The van der Waals surface area contributed by atoms with Crippen LogP contribution in [0.3, 0.4) is 0 Å². The van der Waals surface area contributed by atoms with Crippen LogP contribution < -0.4 is 9.67 Å². The Balaban J connectivity index is 2.02. The molecule has 0 spiro atoms. The number of pyridine rings is 1. The van der Waals surface area contributed by atoms with E-state index in [1.807, 2.05) is 26.0 Å². The lowest BCUT2D eigenvalue weighted by atomic mass is 10.0. The molecule has 0 N–H and O–H groups in total. The van der Waals surface area contributed by atoms with E-state index in [1.54, 1.807) is 55.1 Å². The van der Waals surface area contributed by atoms with E-state index in [0.717, 1.165) is 12.0 Å². The molecule has 0 radical (unpaired) electrons. The van der Waals surface area contributed by atoms with Crippen LogP contribution in [-0.2, 0) is 16.0 Å². The Hall–Kier alpha value is -3.45. The van der Waals surface area contributed by atoms with Crippen molar-refractivity contribution in [3.63, 3.8) is 0 Å². The molecule has 1 aliphatic rings. The number of benzene rings is 1. The number of imide groups is 1. The summed E-state index contributed by atoms with van der Waals surface area (Å²) in [6, 6.07) is 10.1. The molecular weight excluding hydrogens is 440 g/mol. The Kier molecular flexibility index (Phi) is 6.08. The van der Waals surface area contributed by atoms with Gasteiger partial charge in [0.05, 0.1) is 11.4 Å².